The largest absolute Gasteiger partial charge is 0.480 e. The van der Waals surface area contributed by atoms with Crippen molar-refractivity contribution in [2.24, 2.45) is 0 Å². The molecule has 0 aromatic heterocycles. The Kier molecular flexibility index (Phi) is 6.15. The standard InChI is InChI=1S/C16H23N3O5S/c1-12-3-5-14(6-4-12)25(23,24)19-9-7-18(8-10-19)11-15(20)17-13(2)16(21)22/h3-6,13H,7-11H2,1-2H3,(H,17,20)(H,21,22)/t13-/m1/s1. The van der Waals surface area contributed by atoms with Crippen LogP contribution in [-0.2, 0) is 19.6 Å². The minimum absolute atomic E-state index is 0.0516. The number of carboxylic acid groups (broad SMARTS) is 1. The average molecular weight is 369 g/mol. The highest BCUT2D eigenvalue weighted by Crippen LogP contribution is 2.18. The summed E-state index contributed by atoms with van der Waals surface area (Å²) in [6.45, 7) is 4.75. The first kappa shape index (κ1) is 19.4. The Bertz CT molecular complexity index is 725. The van der Waals surface area contributed by atoms with Crippen molar-refractivity contribution in [2.75, 3.05) is 32.7 Å². The SMILES string of the molecule is Cc1ccc(S(=O)(=O)N2CCN(CC(=O)N[C@H](C)C(=O)O)CC2)cc1. The number of benzene rings is 1. The Morgan fingerprint density at radius 3 is 2.24 bits per heavy atom. The van der Waals surface area contributed by atoms with Crippen LogP contribution in [-0.4, -0.2) is 73.4 Å². The molecule has 0 spiro atoms. The highest BCUT2D eigenvalue weighted by molar-refractivity contribution is 7.89. The number of piperazine rings is 1. The van der Waals surface area contributed by atoms with Crippen LogP contribution in [0.2, 0.25) is 0 Å². The van der Waals surface area contributed by atoms with Gasteiger partial charge in [-0.25, -0.2) is 8.42 Å². The number of sulfonamides is 1. The molecule has 0 bridgehead atoms. The maximum absolute atomic E-state index is 12.6. The van der Waals surface area contributed by atoms with E-state index >= 15 is 0 Å². The summed E-state index contributed by atoms with van der Waals surface area (Å²) in [6.07, 6.45) is 0. The molecule has 0 aliphatic carbocycles. The Morgan fingerprint density at radius 1 is 1.16 bits per heavy atom. The fourth-order valence-corrected chi connectivity index (χ4v) is 3.96. The molecule has 1 fully saturated rings. The van der Waals surface area contributed by atoms with Gasteiger partial charge in [0, 0.05) is 26.2 Å². The third-order valence-corrected chi connectivity index (χ3v) is 6.02. The molecule has 25 heavy (non-hydrogen) atoms. The van der Waals surface area contributed by atoms with Crippen LogP contribution in [0, 0.1) is 6.92 Å². The van der Waals surface area contributed by atoms with Gasteiger partial charge in [0.2, 0.25) is 15.9 Å². The van der Waals surface area contributed by atoms with Gasteiger partial charge in [-0.2, -0.15) is 4.31 Å². The zero-order valence-electron chi connectivity index (χ0n) is 14.3. The van der Waals surface area contributed by atoms with Gasteiger partial charge in [0.25, 0.3) is 0 Å². The summed E-state index contributed by atoms with van der Waals surface area (Å²) < 4.78 is 26.6. The van der Waals surface area contributed by atoms with Gasteiger partial charge in [0.1, 0.15) is 6.04 Å². The lowest BCUT2D eigenvalue weighted by Gasteiger charge is -2.33. The normalized spacial score (nSPS) is 17.8. The summed E-state index contributed by atoms with van der Waals surface area (Å²) in [4.78, 5) is 24.6. The molecule has 1 aromatic carbocycles. The first-order chi connectivity index (χ1) is 11.7. The molecule has 2 rings (SSSR count). The lowest BCUT2D eigenvalue weighted by Crippen LogP contribution is -2.52. The van der Waals surface area contributed by atoms with Crippen LogP contribution in [0.5, 0.6) is 0 Å². The lowest BCUT2D eigenvalue weighted by atomic mass is 10.2. The highest BCUT2D eigenvalue weighted by Gasteiger charge is 2.29. The molecular weight excluding hydrogens is 346 g/mol. The number of aryl methyl sites for hydroxylation is 1. The minimum atomic E-state index is -3.53. The Hall–Kier alpha value is -1.97. The van der Waals surface area contributed by atoms with Crippen LogP contribution >= 0.6 is 0 Å². The van der Waals surface area contributed by atoms with Crippen molar-refractivity contribution in [3.8, 4) is 0 Å². The second kappa shape index (κ2) is 7.94. The van der Waals surface area contributed by atoms with Gasteiger partial charge in [0.05, 0.1) is 11.4 Å². The van der Waals surface area contributed by atoms with Crippen LogP contribution < -0.4 is 5.32 Å². The number of nitrogens with zero attached hydrogens (tertiary/aromatic N) is 2. The molecule has 1 aromatic rings. The molecule has 8 nitrogen and oxygen atoms in total. The van der Waals surface area contributed by atoms with Crippen LogP contribution in [0.4, 0.5) is 0 Å². The Labute approximate surface area is 147 Å². The van der Waals surface area contributed by atoms with Gasteiger partial charge < -0.3 is 10.4 Å². The van der Waals surface area contributed by atoms with Crippen molar-refractivity contribution in [1.29, 1.82) is 0 Å². The molecule has 0 saturated carbocycles. The van der Waals surface area contributed by atoms with E-state index in [0.29, 0.717) is 13.1 Å². The number of hydrogen-bond acceptors (Lipinski definition) is 5. The maximum Gasteiger partial charge on any atom is 0.325 e. The molecule has 0 radical (unpaired) electrons. The Morgan fingerprint density at radius 2 is 1.72 bits per heavy atom. The van der Waals surface area contributed by atoms with E-state index in [1.54, 1.807) is 24.3 Å². The first-order valence-electron chi connectivity index (χ1n) is 8.01. The fraction of sp³-hybridized carbons (Fsp3) is 0.500. The number of nitrogens with one attached hydrogen (secondary N) is 1. The molecule has 1 aliphatic heterocycles. The maximum atomic E-state index is 12.6. The van der Waals surface area contributed by atoms with Crippen LogP contribution in [0.3, 0.4) is 0 Å². The zero-order valence-corrected chi connectivity index (χ0v) is 15.1. The number of carbonyl (C=O) groups is 2. The average Bonchev–Trinajstić information content (AvgIpc) is 2.55. The van der Waals surface area contributed by atoms with Gasteiger partial charge in [-0.1, -0.05) is 17.7 Å². The third-order valence-electron chi connectivity index (χ3n) is 4.11. The van der Waals surface area contributed by atoms with Crippen molar-refractivity contribution in [3.63, 3.8) is 0 Å². The monoisotopic (exact) mass is 369 g/mol. The van der Waals surface area contributed by atoms with E-state index in [0.717, 1.165) is 5.56 Å². The van der Waals surface area contributed by atoms with Gasteiger partial charge in [-0.05, 0) is 26.0 Å². The summed E-state index contributed by atoms with van der Waals surface area (Å²) in [6, 6.07) is 5.76. The first-order valence-corrected chi connectivity index (χ1v) is 9.45. The molecule has 1 saturated heterocycles. The van der Waals surface area contributed by atoms with Crippen LogP contribution in [0.15, 0.2) is 29.2 Å². The van der Waals surface area contributed by atoms with Crippen molar-refractivity contribution in [1.82, 2.24) is 14.5 Å². The van der Waals surface area contributed by atoms with Crippen molar-refractivity contribution in [2.45, 2.75) is 24.8 Å². The zero-order chi connectivity index (χ0) is 18.6. The summed E-state index contributed by atoms with van der Waals surface area (Å²) >= 11 is 0. The number of carbonyl (C=O) groups excluding carboxylic acids is 1. The van der Waals surface area contributed by atoms with Crippen LogP contribution in [0.25, 0.3) is 0 Å². The molecule has 1 amide bonds. The Balaban J connectivity index is 1.90. The number of aliphatic carboxylic acids is 1. The topological polar surface area (TPSA) is 107 Å². The van der Waals surface area contributed by atoms with Gasteiger partial charge in [-0.15, -0.1) is 0 Å². The molecular formula is C16H23N3O5S. The molecule has 1 heterocycles. The fourth-order valence-electron chi connectivity index (χ4n) is 2.54. The predicted molar refractivity (Wildman–Crippen MR) is 91.6 cm³/mol. The summed E-state index contributed by atoms with van der Waals surface area (Å²) in [5.74, 6) is -1.48. The van der Waals surface area contributed by atoms with E-state index < -0.39 is 22.0 Å². The van der Waals surface area contributed by atoms with Gasteiger partial charge in [0.15, 0.2) is 0 Å². The predicted octanol–water partition coefficient (Wildman–Crippen LogP) is -0.109. The van der Waals surface area contributed by atoms with E-state index in [9.17, 15) is 18.0 Å². The molecule has 2 N–H and O–H groups in total. The lowest BCUT2D eigenvalue weighted by molar-refractivity contribution is -0.141. The van der Waals surface area contributed by atoms with Crippen molar-refractivity contribution in [3.05, 3.63) is 29.8 Å². The molecule has 1 aliphatic rings. The van der Waals surface area contributed by atoms with E-state index in [2.05, 4.69) is 5.32 Å². The van der Waals surface area contributed by atoms with E-state index in [-0.39, 0.29) is 30.4 Å². The van der Waals surface area contributed by atoms with E-state index in [4.69, 9.17) is 5.11 Å². The second-order valence-electron chi connectivity index (χ2n) is 6.12. The van der Waals surface area contributed by atoms with Gasteiger partial charge in [-0.3, -0.25) is 14.5 Å². The number of carboxylic acids is 1. The quantitative estimate of drug-likeness (QED) is 0.725. The van der Waals surface area contributed by atoms with Crippen molar-refractivity contribution >= 4 is 21.9 Å². The molecule has 1 atom stereocenters. The number of amides is 1. The highest BCUT2D eigenvalue weighted by atomic mass is 32.2. The van der Waals surface area contributed by atoms with Crippen LogP contribution in [0.1, 0.15) is 12.5 Å². The molecule has 9 heteroatoms. The van der Waals surface area contributed by atoms with E-state index in [1.165, 1.54) is 11.2 Å². The summed E-state index contributed by atoms with van der Waals surface area (Å²) in [5, 5.41) is 11.2. The number of hydrogen-bond donors (Lipinski definition) is 2. The molecule has 138 valence electrons. The van der Waals surface area contributed by atoms with E-state index in [1.807, 2.05) is 11.8 Å². The molecule has 0 unspecified atom stereocenters. The smallest absolute Gasteiger partial charge is 0.325 e. The summed E-state index contributed by atoms with van der Waals surface area (Å²) in [7, 11) is -3.53. The number of rotatable bonds is 6. The third kappa shape index (κ3) is 5.00. The second-order valence-corrected chi connectivity index (χ2v) is 8.06. The van der Waals surface area contributed by atoms with Gasteiger partial charge >= 0.3 is 5.97 Å². The van der Waals surface area contributed by atoms with Crippen molar-refractivity contribution < 1.29 is 23.1 Å². The summed E-state index contributed by atoms with van der Waals surface area (Å²) in [5.41, 5.74) is 0.991. The minimum Gasteiger partial charge on any atom is -0.480 e.